The molecule has 5 aliphatic rings. The Hall–Kier alpha value is -2.66. The lowest BCUT2D eigenvalue weighted by Crippen LogP contribution is -2.40. The number of furan rings is 1. The van der Waals surface area contributed by atoms with Crippen molar-refractivity contribution in [2.24, 2.45) is 40.6 Å². The van der Waals surface area contributed by atoms with E-state index in [0.717, 1.165) is 22.6 Å². The van der Waals surface area contributed by atoms with Crippen LogP contribution in [0.2, 0.25) is 5.02 Å². The third-order valence-corrected chi connectivity index (χ3v) is 7.27. The van der Waals surface area contributed by atoms with Crippen LogP contribution in [0.25, 0.3) is 11.3 Å². The number of nitrogens with zero attached hydrogens (tertiary/aromatic N) is 2. The van der Waals surface area contributed by atoms with Gasteiger partial charge in [-0.15, -0.1) is 0 Å². The van der Waals surface area contributed by atoms with E-state index >= 15 is 0 Å². The number of imide groups is 1. The Labute approximate surface area is 173 Å². The predicted octanol–water partition coefficient (Wildman–Crippen LogP) is 4.30. The van der Waals surface area contributed by atoms with Gasteiger partial charge in [0, 0.05) is 10.6 Å². The molecule has 0 N–H and O–H groups in total. The molecule has 2 saturated carbocycles. The van der Waals surface area contributed by atoms with Gasteiger partial charge in [0.15, 0.2) is 0 Å². The number of benzene rings is 1. The molecule has 1 saturated heterocycles. The number of aryl methyl sites for hydroxylation is 1. The topological polar surface area (TPSA) is 62.9 Å². The number of rotatable bonds is 3. The molecule has 2 heterocycles. The van der Waals surface area contributed by atoms with E-state index in [2.05, 4.69) is 17.3 Å². The van der Waals surface area contributed by atoms with Crippen LogP contribution in [0.15, 0.2) is 52.0 Å². The molecule has 2 bridgehead atoms. The highest BCUT2D eigenvalue weighted by Gasteiger charge is 2.67. The summed E-state index contributed by atoms with van der Waals surface area (Å²) in [5, 5.41) is 5.93. The van der Waals surface area contributed by atoms with E-state index in [-0.39, 0.29) is 35.5 Å². The first-order valence-electron chi connectivity index (χ1n) is 9.99. The van der Waals surface area contributed by atoms with Crippen molar-refractivity contribution in [2.45, 2.75) is 13.3 Å². The highest BCUT2D eigenvalue weighted by atomic mass is 35.5. The standard InChI is InChI=1S/C23H19ClN2O3/c1-11-2-3-12(24)8-16(11)19-7-4-13(29-19)10-25-26-22(27)20-14-5-6-15(18-9-17(14)18)21(20)23(26)28/h2-8,10,14-15,17-18,20-21H,9H2,1H3/b25-10-/t14-,15-,17-,18+,20-,21-/m1/s1. The van der Waals surface area contributed by atoms with E-state index in [4.69, 9.17) is 16.0 Å². The SMILES string of the molecule is Cc1ccc(Cl)cc1-c1ccc(/C=N\N2C(=O)[C@@H]3[C@@H]4C=C[C@H]([C@@H]5C[C@H]45)[C@H]3C2=O)o1. The summed E-state index contributed by atoms with van der Waals surface area (Å²) in [5.74, 6) is 1.91. The quantitative estimate of drug-likeness (QED) is 0.434. The fourth-order valence-corrected chi connectivity index (χ4v) is 5.77. The van der Waals surface area contributed by atoms with Gasteiger partial charge in [0.05, 0.1) is 18.1 Å². The molecule has 4 aliphatic carbocycles. The van der Waals surface area contributed by atoms with Crippen molar-refractivity contribution < 1.29 is 14.0 Å². The summed E-state index contributed by atoms with van der Waals surface area (Å²) in [6, 6.07) is 9.23. The zero-order chi connectivity index (χ0) is 19.9. The summed E-state index contributed by atoms with van der Waals surface area (Å²) in [6.07, 6.45) is 6.92. The van der Waals surface area contributed by atoms with Crippen LogP contribution >= 0.6 is 11.6 Å². The third kappa shape index (κ3) is 2.43. The van der Waals surface area contributed by atoms with Gasteiger partial charge in [-0.1, -0.05) is 29.8 Å². The lowest BCUT2D eigenvalue weighted by Gasteiger charge is -2.37. The number of hydrogen-bond acceptors (Lipinski definition) is 4. The number of hydrogen-bond donors (Lipinski definition) is 0. The third-order valence-electron chi connectivity index (χ3n) is 7.03. The Morgan fingerprint density at radius 2 is 1.76 bits per heavy atom. The molecule has 29 heavy (non-hydrogen) atoms. The van der Waals surface area contributed by atoms with Crippen molar-refractivity contribution in [3.05, 3.63) is 58.8 Å². The molecule has 146 valence electrons. The van der Waals surface area contributed by atoms with Gasteiger partial charge in [-0.2, -0.15) is 10.1 Å². The maximum atomic E-state index is 12.9. The van der Waals surface area contributed by atoms with E-state index in [9.17, 15) is 9.59 Å². The van der Waals surface area contributed by atoms with Gasteiger partial charge in [0.25, 0.3) is 11.8 Å². The van der Waals surface area contributed by atoms with Crippen LogP contribution in [0.3, 0.4) is 0 Å². The molecule has 1 aromatic heterocycles. The van der Waals surface area contributed by atoms with Crippen LogP contribution in [0.4, 0.5) is 0 Å². The molecule has 2 amide bonds. The van der Waals surface area contributed by atoms with Crippen molar-refractivity contribution in [3.63, 3.8) is 0 Å². The molecule has 1 aromatic carbocycles. The Balaban J connectivity index is 1.26. The minimum atomic E-state index is -0.236. The molecular weight excluding hydrogens is 388 g/mol. The van der Waals surface area contributed by atoms with Crippen LogP contribution in [-0.2, 0) is 9.59 Å². The highest BCUT2D eigenvalue weighted by molar-refractivity contribution is 6.30. The van der Waals surface area contributed by atoms with Crippen molar-refractivity contribution >= 4 is 29.6 Å². The van der Waals surface area contributed by atoms with Gasteiger partial charge in [0.1, 0.15) is 11.5 Å². The van der Waals surface area contributed by atoms with Crippen molar-refractivity contribution in [2.75, 3.05) is 0 Å². The number of carbonyl (C=O) groups excluding carboxylic acids is 2. The van der Waals surface area contributed by atoms with E-state index in [1.807, 2.05) is 31.2 Å². The van der Waals surface area contributed by atoms with Crippen molar-refractivity contribution in [1.82, 2.24) is 5.01 Å². The fourth-order valence-electron chi connectivity index (χ4n) is 5.60. The average molecular weight is 407 g/mol. The Bertz CT molecular complexity index is 1080. The normalized spacial score (nSPS) is 34.2. The van der Waals surface area contributed by atoms with Crippen LogP contribution in [0.1, 0.15) is 17.7 Å². The molecule has 5 nitrogen and oxygen atoms in total. The van der Waals surface area contributed by atoms with Crippen LogP contribution in [0, 0.1) is 42.4 Å². The summed E-state index contributed by atoms with van der Waals surface area (Å²) in [4.78, 5) is 25.9. The lowest BCUT2D eigenvalue weighted by molar-refractivity contribution is -0.140. The fraction of sp³-hybridized carbons (Fsp3) is 0.348. The molecule has 7 rings (SSSR count). The van der Waals surface area contributed by atoms with Crippen molar-refractivity contribution in [3.8, 4) is 11.3 Å². The number of hydrazone groups is 1. The van der Waals surface area contributed by atoms with Gasteiger partial charge in [-0.3, -0.25) is 9.59 Å². The minimum absolute atomic E-state index is 0.168. The lowest BCUT2D eigenvalue weighted by atomic mass is 9.63. The monoisotopic (exact) mass is 406 g/mol. The number of carbonyl (C=O) groups is 2. The van der Waals surface area contributed by atoms with E-state index in [1.165, 1.54) is 6.21 Å². The number of allylic oxidation sites excluding steroid dienone is 2. The largest absolute Gasteiger partial charge is 0.455 e. The number of halogens is 1. The molecule has 2 aromatic rings. The van der Waals surface area contributed by atoms with Crippen LogP contribution < -0.4 is 0 Å². The van der Waals surface area contributed by atoms with E-state index < -0.39 is 0 Å². The van der Waals surface area contributed by atoms with Gasteiger partial charge in [-0.05, 0) is 66.8 Å². The highest BCUT2D eigenvalue weighted by Crippen LogP contribution is 2.65. The predicted molar refractivity (Wildman–Crippen MR) is 108 cm³/mol. The Morgan fingerprint density at radius 1 is 1.07 bits per heavy atom. The van der Waals surface area contributed by atoms with Gasteiger partial charge in [-0.25, -0.2) is 0 Å². The van der Waals surface area contributed by atoms with E-state index in [1.54, 1.807) is 6.07 Å². The second-order valence-electron chi connectivity index (χ2n) is 8.55. The zero-order valence-corrected chi connectivity index (χ0v) is 16.5. The van der Waals surface area contributed by atoms with Crippen LogP contribution in [0.5, 0.6) is 0 Å². The van der Waals surface area contributed by atoms with Crippen molar-refractivity contribution in [1.29, 1.82) is 0 Å². The molecule has 3 fully saturated rings. The Morgan fingerprint density at radius 3 is 2.45 bits per heavy atom. The summed E-state index contributed by atoms with van der Waals surface area (Å²) in [5.41, 5.74) is 1.95. The molecule has 0 radical (unpaired) electrons. The first-order chi connectivity index (χ1) is 14.0. The zero-order valence-electron chi connectivity index (χ0n) is 15.8. The average Bonchev–Trinajstić information content (AvgIpc) is 3.36. The second kappa shape index (κ2) is 5.92. The number of amides is 2. The first-order valence-corrected chi connectivity index (χ1v) is 10.4. The second-order valence-corrected chi connectivity index (χ2v) is 8.99. The first kappa shape index (κ1) is 17.2. The van der Waals surface area contributed by atoms with E-state index in [0.29, 0.717) is 28.4 Å². The maximum Gasteiger partial charge on any atom is 0.254 e. The summed E-state index contributed by atoms with van der Waals surface area (Å²) < 4.78 is 5.86. The minimum Gasteiger partial charge on any atom is -0.455 e. The molecule has 0 spiro atoms. The van der Waals surface area contributed by atoms with Gasteiger partial charge >= 0.3 is 0 Å². The summed E-state index contributed by atoms with van der Waals surface area (Å²) in [7, 11) is 0. The summed E-state index contributed by atoms with van der Waals surface area (Å²) in [6.45, 7) is 1.98. The molecule has 6 atom stereocenters. The van der Waals surface area contributed by atoms with Gasteiger partial charge < -0.3 is 4.42 Å². The molecule has 1 aliphatic heterocycles. The Kier molecular flexibility index (Phi) is 3.52. The van der Waals surface area contributed by atoms with Gasteiger partial charge in [0.2, 0.25) is 0 Å². The molecular formula is C23H19ClN2O3. The molecule has 0 unspecified atom stereocenters. The summed E-state index contributed by atoms with van der Waals surface area (Å²) >= 11 is 6.10. The maximum absolute atomic E-state index is 12.9. The molecule has 6 heteroatoms. The van der Waals surface area contributed by atoms with Crippen LogP contribution in [-0.4, -0.2) is 23.0 Å². The smallest absolute Gasteiger partial charge is 0.254 e.